The van der Waals surface area contributed by atoms with Crippen molar-refractivity contribution in [3.8, 4) is 40.0 Å². The van der Waals surface area contributed by atoms with Crippen molar-refractivity contribution in [3.05, 3.63) is 83.0 Å². The van der Waals surface area contributed by atoms with Gasteiger partial charge in [0.1, 0.15) is 35.3 Å². The first-order valence-electron chi connectivity index (χ1n) is 9.92. The second-order valence-corrected chi connectivity index (χ2v) is 7.58. The maximum atomic E-state index is 13.6. The number of phenols is 1. The van der Waals surface area contributed by atoms with E-state index in [1.165, 1.54) is 37.4 Å². The quantitative estimate of drug-likeness (QED) is 0.297. The average Bonchev–Trinajstić information content (AvgIpc) is 3.23. The maximum absolute atomic E-state index is 13.6. The molecule has 0 radical (unpaired) electrons. The van der Waals surface area contributed by atoms with Crippen molar-refractivity contribution in [2.75, 3.05) is 7.11 Å². The Hall–Kier alpha value is -3.85. The van der Waals surface area contributed by atoms with Crippen molar-refractivity contribution >= 4 is 11.6 Å². The Labute approximate surface area is 197 Å². The molecule has 4 rings (SSSR count). The largest absolute Gasteiger partial charge is 0.507 e. The molecule has 176 valence electrons. The third-order valence-electron chi connectivity index (χ3n) is 4.83. The number of aromatic nitrogens is 2. The van der Waals surface area contributed by atoms with Gasteiger partial charge in [-0.1, -0.05) is 23.7 Å². The van der Waals surface area contributed by atoms with Crippen LogP contribution in [-0.4, -0.2) is 22.4 Å². The van der Waals surface area contributed by atoms with E-state index in [9.17, 15) is 18.3 Å². The van der Waals surface area contributed by atoms with Crippen LogP contribution in [0.2, 0.25) is 5.02 Å². The van der Waals surface area contributed by atoms with Gasteiger partial charge in [0.05, 0.1) is 7.11 Å². The monoisotopic (exact) mass is 490 g/mol. The van der Waals surface area contributed by atoms with Crippen LogP contribution < -0.4 is 14.2 Å². The maximum Gasteiger partial charge on any atom is 0.436 e. The van der Waals surface area contributed by atoms with E-state index >= 15 is 0 Å². The first-order chi connectivity index (χ1) is 16.2. The molecule has 0 fully saturated rings. The second kappa shape index (κ2) is 9.56. The SMILES string of the molecule is COc1ccc(Oc2c(-c3ccc(OCc4ccc(Cl)cc4)cc3O)n[nH]c2C(F)(F)F)cc1. The van der Waals surface area contributed by atoms with Crippen LogP contribution in [0.25, 0.3) is 11.3 Å². The fourth-order valence-corrected chi connectivity index (χ4v) is 3.24. The number of alkyl halides is 3. The summed E-state index contributed by atoms with van der Waals surface area (Å²) in [6, 6.07) is 17.3. The second-order valence-electron chi connectivity index (χ2n) is 7.15. The Kier molecular flexibility index (Phi) is 6.56. The molecule has 0 saturated heterocycles. The number of H-pyrrole nitrogens is 1. The highest BCUT2D eigenvalue weighted by molar-refractivity contribution is 6.30. The normalized spacial score (nSPS) is 11.3. The number of hydrogen-bond donors (Lipinski definition) is 2. The Morgan fingerprint density at radius 3 is 2.21 bits per heavy atom. The molecule has 0 atom stereocenters. The number of nitrogens with one attached hydrogen (secondary N) is 1. The van der Waals surface area contributed by atoms with Gasteiger partial charge < -0.3 is 19.3 Å². The van der Waals surface area contributed by atoms with Crippen molar-refractivity contribution < 1.29 is 32.5 Å². The zero-order chi connectivity index (χ0) is 24.3. The van der Waals surface area contributed by atoms with Gasteiger partial charge in [0.15, 0.2) is 11.4 Å². The minimum atomic E-state index is -4.76. The number of nitrogens with zero attached hydrogens (tertiary/aromatic N) is 1. The van der Waals surface area contributed by atoms with E-state index in [1.54, 1.807) is 36.4 Å². The third kappa shape index (κ3) is 5.20. The molecule has 1 heterocycles. The summed E-state index contributed by atoms with van der Waals surface area (Å²) in [5, 5.41) is 16.9. The van der Waals surface area contributed by atoms with Gasteiger partial charge in [-0.05, 0) is 54.1 Å². The van der Waals surface area contributed by atoms with Crippen LogP contribution >= 0.6 is 11.6 Å². The van der Waals surface area contributed by atoms with E-state index in [4.69, 9.17) is 25.8 Å². The smallest absolute Gasteiger partial charge is 0.436 e. The molecule has 4 aromatic rings. The number of ether oxygens (including phenoxy) is 3. The van der Waals surface area contributed by atoms with Crippen LogP contribution in [0.4, 0.5) is 13.2 Å². The van der Waals surface area contributed by atoms with Crippen molar-refractivity contribution in [3.63, 3.8) is 0 Å². The average molecular weight is 491 g/mol. The number of aromatic hydroxyl groups is 1. The van der Waals surface area contributed by atoms with Crippen LogP contribution in [-0.2, 0) is 12.8 Å². The number of hydrogen-bond acceptors (Lipinski definition) is 5. The summed E-state index contributed by atoms with van der Waals surface area (Å²) in [5.41, 5.74) is -0.495. The van der Waals surface area contributed by atoms with Crippen LogP contribution in [0.3, 0.4) is 0 Å². The molecule has 0 spiro atoms. The summed E-state index contributed by atoms with van der Waals surface area (Å²) in [4.78, 5) is 0. The van der Waals surface area contributed by atoms with Crippen molar-refractivity contribution in [2.24, 2.45) is 0 Å². The van der Waals surface area contributed by atoms with Gasteiger partial charge in [0.2, 0.25) is 0 Å². The third-order valence-corrected chi connectivity index (χ3v) is 5.08. The molecule has 0 unspecified atom stereocenters. The van der Waals surface area contributed by atoms with Gasteiger partial charge >= 0.3 is 6.18 Å². The van der Waals surface area contributed by atoms with Crippen molar-refractivity contribution in [1.82, 2.24) is 10.2 Å². The van der Waals surface area contributed by atoms with Crippen LogP contribution in [0, 0.1) is 0 Å². The van der Waals surface area contributed by atoms with E-state index in [-0.39, 0.29) is 29.4 Å². The molecule has 0 aliphatic heterocycles. The Morgan fingerprint density at radius 2 is 1.59 bits per heavy atom. The number of methoxy groups -OCH3 is 1. The lowest BCUT2D eigenvalue weighted by molar-refractivity contribution is -0.142. The molecule has 1 aromatic heterocycles. The summed E-state index contributed by atoms with van der Waals surface area (Å²) in [7, 11) is 1.47. The van der Waals surface area contributed by atoms with Gasteiger partial charge in [-0.15, -0.1) is 0 Å². The molecule has 0 amide bonds. The van der Waals surface area contributed by atoms with E-state index in [1.807, 2.05) is 5.10 Å². The van der Waals surface area contributed by atoms with Crippen LogP contribution in [0.1, 0.15) is 11.3 Å². The van der Waals surface area contributed by atoms with E-state index < -0.39 is 17.6 Å². The summed E-state index contributed by atoms with van der Waals surface area (Å²) in [6.07, 6.45) is -4.76. The molecular weight excluding hydrogens is 473 g/mol. The molecule has 0 aliphatic rings. The van der Waals surface area contributed by atoms with E-state index in [0.29, 0.717) is 16.5 Å². The fourth-order valence-electron chi connectivity index (χ4n) is 3.12. The summed E-state index contributed by atoms with van der Waals surface area (Å²) >= 11 is 5.86. The lowest BCUT2D eigenvalue weighted by Gasteiger charge is -2.12. The van der Waals surface area contributed by atoms with Crippen molar-refractivity contribution in [2.45, 2.75) is 12.8 Å². The first kappa shape index (κ1) is 23.3. The molecule has 10 heteroatoms. The molecular formula is C24H18ClF3N2O4. The van der Waals surface area contributed by atoms with Crippen LogP contribution in [0.5, 0.6) is 28.7 Å². The number of aromatic amines is 1. The summed E-state index contributed by atoms with van der Waals surface area (Å²) < 4.78 is 57.0. The highest BCUT2D eigenvalue weighted by Gasteiger charge is 2.39. The molecule has 0 saturated carbocycles. The Morgan fingerprint density at radius 1 is 0.941 bits per heavy atom. The minimum Gasteiger partial charge on any atom is -0.507 e. The standard InChI is InChI=1S/C24H18ClF3N2O4/c1-32-16-6-8-17(9-7-16)34-22-21(29-30-23(22)24(26,27)28)19-11-10-18(12-20(19)31)33-13-14-2-4-15(25)5-3-14/h2-12,31H,13H2,1H3,(H,29,30). The molecule has 0 bridgehead atoms. The Bertz CT molecular complexity index is 1270. The molecule has 34 heavy (non-hydrogen) atoms. The number of halogens is 4. The van der Waals surface area contributed by atoms with Crippen molar-refractivity contribution in [1.29, 1.82) is 0 Å². The van der Waals surface area contributed by atoms with E-state index in [2.05, 4.69) is 5.10 Å². The van der Waals surface area contributed by atoms with E-state index in [0.717, 1.165) is 5.56 Å². The highest BCUT2D eigenvalue weighted by Crippen LogP contribution is 2.45. The van der Waals surface area contributed by atoms with Gasteiger partial charge in [0.25, 0.3) is 0 Å². The summed E-state index contributed by atoms with van der Waals surface area (Å²) in [6.45, 7) is 0.211. The molecule has 3 aromatic carbocycles. The molecule has 2 N–H and O–H groups in total. The lowest BCUT2D eigenvalue weighted by Crippen LogP contribution is -2.07. The fraction of sp³-hybridized carbons (Fsp3) is 0.125. The van der Waals surface area contributed by atoms with Crippen LogP contribution in [0.15, 0.2) is 66.7 Å². The van der Waals surface area contributed by atoms with Gasteiger partial charge in [-0.2, -0.15) is 18.3 Å². The van der Waals surface area contributed by atoms with Gasteiger partial charge in [-0.3, -0.25) is 5.10 Å². The number of benzene rings is 3. The minimum absolute atomic E-state index is 0.0362. The Balaban J connectivity index is 1.62. The first-order valence-corrected chi connectivity index (χ1v) is 10.3. The highest BCUT2D eigenvalue weighted by atomic mass is 35.5. The lowest BCUT2D eigenvalue weighted by atomic mass is 10.1. The zero-order valence-corrected chi connectivity index (χ0v) is 18.4. The zero-order valence-electron chi connectivity index (χ0n) is 17.7. The predicted molar refractivity (Wildman–Crippen MR) is 120 cm³/mol. The molecule has 0 aliphatic carbocycles. The predicted octanol–water partition coefficient (Wildman–Crippen LogP) is 6.83. The topological polar surface area (TPSA) is 76.6 Å². The molecule has 6 nitrogen and oxygen atoms in total. The van der Waals surface area contributed by atoms with Gasteiger partial charge in [-0.25, -0.2) is 0 Å². The van der Waals surface area contributed by atoms with Gasteiger partial charge in [0, 0.05) is 16.7 Å². The number of rotatable bonds is 7. The summed E-state index contributed by atoms with van der Waals surface area (Å²) in [5.74, 6) is 0.0793. The number of phenolic OH excluding ortho intramolecular Hbond substituents is 1.